The Morgan fingerprint density at radius 1 is 1.04 bits per heavy atom. The molecule has 0 bridgehead atoms. The third kappa shape index (κ3) is 2.84. The predicted octanol–water partition coefficient (Wildman–Crippen LogP) is 3.28. The maximum atomic E-state index is 5.21. The standard InChI is InChI=1S/C20H19N5OS/c1-26-18-6-7-21-20(23-18)25-10-8-24(9-11-25)19-15(12-22-19)16-13-27-17-5-3-2-4-14(16)17/h2-7,12-13H,8-11H2,1H3. The largest absolute Gasteiger partial charge is 0.481 e. The summed E-state index contributed by atoms with van der Waals surface area (Å²) in [7, 11) is 1.63. The molecular formula is C20H19N5OS. The topological polar surface area (TPSA) is 53.9 Å². The van der Waals surface area contributed by atoms with Gasteiger partial charge in [0.05, 0.1) is 7.11 Å². The molecule has 6 nitrogen and oxygen atoms in total. The number of aromatic nitrogens is 2. The van der Waals surface area contributed by atoms with E-state index in [4.69, 9.17) is 4.74 Å². The van der Waals surface area contributed by atoms with E-state index in [1.165, 1.54) is 21.2 Å². The van der Waals surface area contributed by atoms with Crippen molar-refractivity contribution in [3.63, 3.8) is 0 Å². The van der Waals surface area contributed by atoms with Gasteiger partial charge in [-0.1, -0.05) is 18.2 Å². The summed E-state index contributed by atoms with van der Waals surface area (Å²) in [6.07, 6.45) is 3.73. The second-order valence-corrected chi connectivity index (χ2v) is 7.43. The van der Waals surface area contributed by atoms with Crippen LogP contribution in [0.1, 0.15) is 5.56 Å². The van der Waals surface area contributed by atoms with Crippen LogP contribution < -0.4 is 9.64 Å². The number of piperazine rings is 1. The highest BCUT2D eigenvalue weighted by atomic mass is 32.1. The number of amidine groups is 1. The summed E-state index contributed by atoms with van der Waals surface area (Å²) in [5, 5.41) is 3.55. The average molecular weight is 377 g/mol. The van der Waals surface area contributed by atoms with Gasteiger partial charge in [-0.25, -0.2) is 9.98 Å². The van der Waals surface area contributed by atoms with Gasteiger partial charge in [-0.3, -0.25) is 0 Å². The zero-order valence-corrected chi connectivity index (χ0v) is 15.8. The SMILES string of the molecule is COc1ccnc(N2CCN(C3=NC=C3c3csc4ccccc34)CC2)n1. The quantitative estimate of drug-likeness (QED) is 0.701. The van der Waals surface area contributed by atoms with Gasteiger partial charge in [0.2, 0.25) is 11.8 Å². The normalized spacial score (nSPS) is 16.8. The zero-order valence-electron chi connectivity index (χ0n) is 15.0. The Hall–Kier alpha value is -2.93. The summed E-state index contributed by atoms with van der Waals surface area (Å²) >= 11 is 1.79. The van der Waals surface area contributed by atoms with E-state index in [0.29, 0.717) is 5.88 Å². The molecule has 0 radical (unpaired) electrons. The minimum Gasteiger partial charge on any atom is -0.481 e. The van der Waals surface area contributed by atoms with Crippen molar-refractivity contribution in [2.24, 2.45) is 4.99 Å². The molecule has 0 unspecified atom stereocenters. The lowest BCUT2D eigenvalue weighted by Gasteiger charge is -2.38. The fourth-order valence-corrected chi connectivity index (χ4v) is 4.49. The van der Waals surface area contributed by atoms with Gasteiger partial charge < -0.3 is 14.5 Å². The fourth-order valence-electron chi connectivity index (χ4n) is 3.53. The molecule has 5 rings (SSSR count). The lowest BCUT2D eigenvalue weighted by Crippen LogP contribution is -2.50. The van der Waals surface area contributed by atoms with Crippen LogP contribution in [0.15, 0.2) is 53.1 Å². The number of rotatable bonds is 3. The van der Waals surface area contributed by atoms with Crippen molar-refractivity contribution in [2.45, 2.75) is 0 Å². The predicted molar refractivity (Wildman–Crippen MR) is 110 cm³/mol. The number of anilines is 1. The monoisotopic (exact) mass is 377 g/mol. The molecule has 136 valence electrons. The summed E-state index contributed by atoms with van der Waals surface area (Å²) in [4.78, 5) is 18.0. The van der Waals surface area contributed by atoms with Crippen LogP contribution in [0, 0.1) is 0 Å². The van der Waals surface area contributed by atoms with E-state index < -0.39 is 0 Å². The Labute approximate surface area is 161 Å². The van der Waals surface area contributed by atoms with Gasteiger partial charge in [-0.15, -0.1) is 11.3 Å². The Morgan fingerprint density at radius 2 is 1.85 bits per heavy atom. The van der Waals surface area contributed by atoms with Crippen LogP contribution in [-0.2, 0) is 0 Å². The van der Waals surface area contributed by atoms with Crippen molar-refractivity contribution >= 4 is 38.8 Å². The maximum Gasteiger partial charge on any atom is 0.228 e. The van der Waals surface area contributed by atoms with Crippen molar-refractivity contribution in [1.82, 2.24) is 14.9 Å². The zero-order chi connectivity index (χ0) is 18.2. The Balaban J connectivity index is 1.29. The molecule has 2 aliphatic heterocycles. The molecule has 2 aromatic heterocycles. The van der Waals surface area contributed by atoms with E-state index in [9.17, 15) is 0 Å². The van der Waals surface area contributed by atoms with Crippen molar-refractivity contribution < 1.29 is 4.74 Å². The van der Waals surface area contributed by atoms with Crippen molar-refractivity contribution in [2.75, 3.05) is 38.2 Å². The van der Waals surface area contributed by atoms with E-state index >= 15 is 0 Å². The third-order valence-electron chi connectivity index (χ3n) is 5.02. The molecule has 0 amide bonds. The van der Waals surface area contributed by atoms with Crippen LogP contribution in [0.2, 0.25) is 0 Å². The fraction of sp³-hybridized carbons (Fsp3) is 0.250. The Morgan fingerprint density at radius 3 is 2.63 bits per heavy atom. The van der Waals surface area contributed by atoms with Gasteiger partial charge in [0.1, 0.15) is 5.84 Å². The number of hydrogen-bond donors (Lipinski definition) is 0. The van der Waals surface area contributed by atoms with Gasteiger partial charge in [-0.05, 0) is 11.4 Å². The molecule has 7 heteroatoms. The number of nitrogens with zero attached hydrogens (tertiary/aromatic N) is 5. The second-order valence-electron chi connectivity index (χ2n) is 6.51. The molecule has 0 saturated carbocycles. The molecule has 0 N–H and O–H groups in total. The maximum absolute atomic E-state index is 5.21. The molecule has 0 spiro atoms. The van der Waals surface area contributed by atoms with Crippen LogP contribution in [0.3, 0.4) is 0 Å². The average Bonchev–Trinajstić information content (AvgIpc) is 3.11. The second kappa shape index (κ2) is 6.66. The van der Waals surface area contributed by atoms with E-state index in [0.717, 1.165) is 38.0 Å². The van der Waals surface area contributed by atoms with E-state index in [2.05, 4.69) is 54.4 Å². The summed E-state index contributed by atoms with van der Waals surface area (Å²) in [6.45, 7) is 3.53. The third-order valence-corrected chi connectivity index (χ3v) is 5.98. The molecule has 1 fully saturated rings. The molecule has 0 atom stereocenters. The Bertz CT molecular complexity index is 1050. The van der Waals surface area contributed by atoms with Crippen LogP contribution in [0.5, 0.6) is 5.88 Å². The van der Waals surface area contributed by atoms with Crippen LogP contribution in [0.4, 0.5) is 5.95 Å². The number of aliphatic imine (C=N–C) groups is 1. The Kier molecular flexibility index (Phi) is 4.01. The molecular weight excluding hydrogens is 358 g/mol. The number of ether oxygens (including phenoxy) is 1. The highest BCUT2D eigenvalue weighted by Gasteiger charge is 2.28. The van der Waals surface area contributed by atoms with E-state index in [1.807, 2.05) is 6.20 Å². The van der Waals surface area contributed by atoms with Crippen LogP contribution in [0.25, 0.3) is 15.7 Å². The minimum absolute atomic E-state index is 0.598. The lowest BCUT2D eigenvalue weighted by molar-refractivity contribution is 0.378. The van der Waals surface area contributed by atoms with Crippen molar-refractivity contribution in [3.05, 3.63) is 53.7 Å². The van der Waals surface area contributed by atoms with Gasteiger partial charge in [0.15, 0.2) is 0 Å². The first kappa shape index (κ1) is 16.3. The van der Waals surface area contributed by atoms with E-state index in [1.54, 1.807) is 30.7 Å². The first-order chi connectivity index (χ1) is 13.3. The van der Waals surface area contributed by atoms with Gasteiger partial charge in [0, 0.05) is 65.9 Å². The first-order valence-electron chi connectivity index (χ1n) is 8.95. The van der Waals surface area contributed by atoms with Crippen LogP contribution >= 0.6 is 11.3 Å². The minimum atomic E-state index is 0.598. The number of benzene rings is 1. The van der Waals surface area contributed by atoms with Gasteiger partial charge in [0.25, 0.3) is 0 Å². The summed E-state index contributed by atoms with van der Waals surface area (Å²) in [5.74, 6) is 2.43. The number of thiophene rings is 1. The first-order valence-corrected chi connectivity index (χ1v) is 9.83. The molecule has 3 aromatic rings. The van der Waals surface area contributed by atoms with Crippen molar-refractivity contribution in [1.29, 1.82) is 0 Å². The molecule has 27 heavy (non-hydrogen) atoms. The smallest absolute Gasteiger partial charge is 0.228 e. The molecule has 2 aliphatic rings. The number of fused-ring (bicyclic) bond motifs is 1. The molecule has 0 aliphatic carbocycles. The van der Waals surface area contributed by atoms with E-state index in [-0.39, 0.29) is 0 Å². The summed E-state index contributed by atoms with van der Waals surface area (Å²) in [5.41, 5.74) is 2.54. The molecule has 1 saturated heterocycles. The highest BCUT2D eigenvalue weighted by Crippen LogP contribution is 2.35. The molecule has 4 heterocycles. The lowest BCUT2D eigenvalue weighted by atomic mass is 10.0. The molecule has 1 aromatic carbocycles. The van der Waals surface area contributed by atoms with Crippen molar-refractivity contribution in [3.8, 4) is 5.88 Å². The van der Waals surface area contributed by atoms with Crippen LogP contribution in [-0.4, -0.2) is 54.0 Å². The number of methoxy groups -OCH3 is 1. The summed E-state index contributed by atoms with van der Waals surface area (Å²) < 4.78 is 6.53. The highest BCUT2D eigenvalue weighted by molar-refractivity contribution is 7.17. The summed E-state index contributed by atoms with van der Waals surface area (Å²) in [6, 6.07) is 10.3. The van der Waals surface area contributed by atoms with Gasteiger partial charge in [-0.2, -0.15) is 4.98 Å². The number of hydrogen-bond acceptors (Lipinski definition) is 7. The van der Waals surface area contributed by atoms with Gasteiger partial charge >= 0.3 is 0 Å².